The van der Waals surface area contributed by atoms with Crippen molar-refractivity contribution in [2.75, 3.05) is 14.2 Å². The van der Waals surface area contributed by atoms with Gasteiger partial charge in [-0.3, -0.25) is 14.5 Å². The minimum Gasteiger partial charge on any atom is -0.497 e. The second-order valence-electron chi connectivity index (χ2n) is 6.69. The molecule has 0 bridgehead atoms. The smallest absolute Gasteiger partial charge is 0.323 e. The summed E-state index contributed by atoms with van der Waals surface area (Å²) in [7, 11) is 3.29. The lowest BCUT2D eigenvalue weighted by atomic mass is 10.1. The number of thioether (sulfide) groups is 1. The zero-order valence-corrected chi connectivity index (χ0v) is 17.2. The molecule has 1 fully saturated rings. The van der Waals surface area contributed by atoms with Gasteiger partial charge in [-0.2, -0.15) is 0 Å². The van der Waals surface area contributed by atoms with Crippen molar-refractivity contribution in [2.24, 2.45) is 4.99 Å². The Hall–Kier alpha value is -3.52. The molecule has 7 nitrogen and oxygen atoms in total. The number of aliphatic imine (C=N–C) groups is 1. The average Bonchev–Trinajstić information content (AvgIpc) is 3.21. The van der Waals surface area contributed by atoms with Crippen LogP contribution in [0.15, 0.2) is 64.6 Å². The minimum atomic E-state index is -0.921. The third-order valence-electron chi connectivity index (χ3n) is 4.71. The summed E-state index contributed by atoms with van der Waals surface area (Å²) in [6, 6.07) is 14.8. The number of rotatable bonds is 5. The number of aliphatic carboxylic acids is 1. The van der Waals surface area contributed by atoms with Crippen LogP contribution in [-0.4, -0.2) is 45.8 Å². The molecule has 152 valence electrons. The number of ether oxygens (including phenoxy) is 1. The van der Waals surface area contributed by atoms with Crippen molar-refractivity contribution in [1.29, 1.82) is 0 Å². The molecule has 1 saturated heterocycles. The number of methoxy groups -OCH3 is 1. The van der Waals surface area contributed by atoms with E-state index in [1.807, 2.05) is 48.5 Å². The van der Waals surface area contributed by atoms with E-state index in [2.05, 4.69) is 4.99 Å². The molecular formula is C22H19N3O4S. The second-order valence-corrected chi connectivity index (χ2v) is 7.70. The maximum Gasteiger partial charge on any atom is 0.323 e. The van der Waals surface area contributed by atoms with Gasteiger partial charge in [-0.1, -0.05) is 18.2 Å². The Labute approximate surface area is 177 Å². The van der Waals surface area contributed by atoms with Crippen molar-refractivity contribution in [3.8, 4) is 5.75 Å². The van der Waals surface area contributed by atoms with Crippen molar-refractivity contribution in [3.05, 3.63) is 65.2 Å². The minimum absolute atomic E-state index is 0.144. The van der Waals surface area contributed by atoms with E-state index in [4.69, 9.17) is 4.74 Å². The van der Waals surface area contributed by atoms with E-state index in [0.29, 0.717) is 10.1 Å². The summed E-state index contributed by atoms with van der Waals surface area (Å²) in [6.45, 7) is -0.144. The molecule has 0 radical (unpaired) electrons. The van der Waals surface area contributed by atoms with Gasteiger partial charge in [-0.15, -0.1) is 0 Å². The van der Waals surface area contributed by atoms with Crippen molar-refractivity contribution in [2.45, 2.75) is 6.54 Å². The molecule has 1 aliphatic heterocycles. The molecule has 30 heavy (non-hydrogen) atoms. The van der Waals surface area contributed by atoms with Gasteiger partial charge >= 0.3 is 5.97 Å². The van der Waals surface area contributed by atoms with E-state index < -0.39 is 5.97 Å². The molecule has 0 aliphatic carbocycles. The molecule has 1 aliphatic rings. The number of carbonyl (C=O) groups is 2. The number of nitrogens with zero attached hydrogens (tertiary/aromatic N) is 3. The number of hydrogen-bond donors (Lipinski definition) is 1. The van der Waals surface area contributed by atoms with Crippen molar-refractivity contribution < 1.29 is 19.4 Å². The van der Waals surface area contributed by atoms with Crippen LogP contribution in [0.2, 0.25) is 0 Å². The first-order chi connectivity index (χ1) is 14.5. The number of carbonyl (C=O) groups excluding carboxylic acids is 1. The Morgan fingerprint density at radius 3 is 2.63 bits per heavy atom. The fourth-order valence-electron chi connectivity index (χ4n) is 3.23. The number of fused-ring (bicyclic) bond motifs is 1. The fourth-order valence-corrected chi connectivity index (χ4v) is 4.20. The zero-order valence-electron chi connectivity index (χ0n) is 16.4. The Kier molecular flexibility index (Phi) is 5.33. The van der Waals surface area contributed by atoms with Crippen LogP contribution in [0.1, 0.15) is 5.56 Å². The lowest BCUT2D eigenvalue weighted by Gasteiger charge is -2.07. The molecule has 2 aromatic carbocycles. The van der Waals surface area contributed by atoms with Gasteiger partial charge in [0.1, 0.15) is 12.3 Å². The van der Waals surface area contributed by atoms with Gasteiger partial charge in [0, 0.05) is 29.7 Å². The quantitative estimate of drug-likeness (QED) is 0.630. The molecule has 2 heterocycles. The Morgan fingerprint density at radius 2 is 1.93 bits per heavy atom. The molecular weight excluding hydrogens is 402 g/mol. The highest BCUT2D eigenvalue weighted by Gasteiger charge is 2.30. The largest absolute Gasteiger partial charge is 0.497 e. The van der Waals surface area contributed by atoms with Crippen LogP contribution in [0.5, 0.6) is 5.75 Å². The molecule has 3 aromatic rings. The Balaban J connectivity index is 1.68. The van der Waals surface area contributed by atoms with Gasteiger partial charge in [-0.25, -0.2) is 4.99 Å². The number of hydrogen-bond acceptors (Lipinski definition) is 5. The summed E-state index contributed by atoms with van der Waals surface area (Å²) in [5, 5.41) is 10.6. The van der Waals surface area contributed by atoms with Crippen molar-refractivity contribution in [1.82, 2.24) is 9.47 Å². The molecule has 0 spiro atoms. The summed E-state index contributed by atoms with van der Waals surface area (Å²) in [5.74, 6) is -0.335. The van der Waals surface area contributed by atoms with Gasteiger partial charge in [-0.05, 0) is 48.2 Å². The number of aromatic nitrogens is 1. The molecule has 1 N–H and O–H groups in total. The number of likely N-dealkylation sites (N-methyl/N-ethyl adjacent to an activating group) is 1. The summed E-state index contributed by atoms with van der Waals surface area (Å²) in [6.07, 6.45) is 3.55. The van der Waals surface area contributed by atoms with Gasteiger partial charge < -0.3 is 14.4 Å². The van der Waals surface area contributed by atoms with Crippen LogP contribution in [0.4, 0.5) is 5.69 Å². The number of amidine groups is 1. The summed E-state index contributed by atoms with van der Waals surface area (Å²) in [5.41, 5.74) is 2.32. The maximum atomic E-state index is 12.8. The highest BCUT2D eigenvalue weighted by Crippen LogP contribution is 2.35. The molecule has 1 amide bonds. The number of benzene rings is 2. The van der Waals surface area contributed by atoms with E-state index in [1.54, 1.807) is 31.0 Å². The predicted molar refractivity (Wildman–Crippen MR) is 118 cm³/mol. The van der Waals surface area contributed by atoms with Crippen LogP contribution in [0, 0.1) is 0 Å². The zero-order chi connectivity index (χ0) is 21.3. The summed E-state index contributed by atoms with van der Waals surface area (Å²) in [4.78, 5) is 30.6. The predicted octanol–water partition coefficient (Wildman–Crippen LogP) is 3.97. The highest BCUT2D eigenvalue weighted by atomic mass is 32.2. The standard InChI is InChI=1S/C22H19N3O4S/c1-24-21(28)19(30-22(24)23-15-7-9-16(29-2)10-8-15)11-14-12-25(13-20(26)27)18-6-4-3-5-17(14)18/h3-12H,13H2,1-2H3,(H,26,27). The summed E-state index contributed by atoms with van der Waals surface area (Å²) < 4.78 is 6.83. The van der Waals surface area contributed by atoms with Gasteiger partial charge in [0.15, 0.2) is 5.17 Å². The lowest BCUT2D eigenvalue weighted by molar-refractivity contribution is -0.137. The first kappa shape index (κ1) is 19.8. The molecule has 0 atom stereocenters. The first-order valence-corrected chi connectivity index (χ1v) is 9.98. The van der Waals surface area contributed by atoms with E-state index in [9.17, 15) is 14.7 Å². The molecule has 0 saturated carbocycles. The van der Waals surface area contributed by atoms with Gasteiger partial charge in [0.25, 0.3) is 5.91 Å². The van der Waals surface area contributed by atoms with E-state index in [1.165, 1.54) is 16.7 Å². The van der Waals surface area contributed by atoms with Gasteiger partial charge in [0.2, 0.25) is 0 Å². The first-order valence-electron chi connectivity index (χ1n) is 9.16. The van der Waals surface area contributed by atoms with E-state index >= 15 is 0 Å². The lowest BCUT2D eigenvalue weighted by Crippen LogP contribution is -2.23. The van der Waals surface area contributed by atoms with Crippen molar-refractivity contribution >= 4 is 51.5 Å². The Bertz CT molecular complexity index is 1190. The number of amides is 1. The third-order valence-corrected chi connectivity index (χ3v) is 5.77. The van der Waals surface area contributed by atoms with E-state index in [0.717, 1.165) is 27.9 Å². The second kappa shape index (κ2) is 8.08. The molecule has 0 unspecified atom stereocenters. The monoisotopic (exact) mass is 421 g/mol. The third kappa shape index (κ3) is 3.81. The topological polar surface area (TPSA) is 84.1 Å². The van der Waals surface area contributed by atoms with Crippen LogP contribution < -0.4 is 4.74 Å². The number of para-hydroxylation sites is 1. The van der Waals surface area contributed by atoms with Crippen LogP contribution >= 0.6 is 11.8 Å². The summed E-state index contributed by atoms with van der Waals surface area (Å²) >= 11 is 1.29. The SMILES string of the molecule is COc1ccc(N=C2SC(=Cc3cn(CC(=O)O)c4ccccc34)C(=O)N2C)cc1. The molecule has 8 heteroatoms. The number of carboxylic acids is 1. The van der Waals surface area contributed by atoms with Crippen LogP contribution in [0.3, 0.4) is 0 Å². The maximum absolute atomic E-state index is 12.8. The Morgan fingerprint density at radius 1 is 1.20 bits per heavy atom. The van der Waals surface area contributed by atoms with Crippen LogP contribution in [-0.2, 0) is 16.1 Å². The highest BCUT2D eigenvalue weighted by molar-refractivity contribution is 8.18. The van der Waals surface area contributed by atoms with Crippen molar-refractivity contribution in [3.63, 3.8) is 0 Å². The molecule has 1 aromatic heterocycles. The molecule has 4 rings (SSSR count). The van der Waals surface area contributed by atoms with Crippen LogP contribution in [0.25, 0.3) is 17.0 Å². The fraction of sp³-hybridized carbons (Fsp3) is 0.136. The number of carboxylic acid groups (broad SMARTS) is 1. The van der Waals surface area contributed by atoms with E-state index in [-0.39, 0.29) is 12.5 Å². The normalized spacial score (nSPS) is 16.7. The average molecular weight is 421 g/mol. The van der Waals surface area contributed by atoms with Gasteiger partial charge in [0.05, 0.1) is 17.7 Å².